The van der Waals surface area contributed by atoms with Gasteiger partial charge in [0.1, 0.15) is 16.7 Å². The van der Waals surface area contributed by atoms with Crippen LogP contribution in [0, 0.1) is 5.92 Å². The molecule has 1 aliphatic rings. The SMILES string of the molecule is CSC1=NC(=O)/C(=C/c2ccc(OCc3ccc(CC(C)C)cc3)cc2)S1. The second kappa shape index (κ2) is 9.29. The molecule has 0 aliphatic carbocycles. The van der Waals surface area contributed by atoms with Crippen LogP contribution in [0.4, 0.5) is 0 Å². The Kier molecular flexibility index (Phi) is 6.80. The molecule has 1 heterocycles. The fourth-order valence-corrected chi connectivity index (χ4v) is 4.12. The maximum Gasteiger partial charge on any atom is 0.285 e. The molecule has 3 nitrogen and oxygen atoms in total. The fourth-order valence-electron chi connectivity index (χ4n) is 2.70. The largest absolute Gasteiger partial charge is 0.489 e. The highest BCUT2D eigenvalue weighted by Crippen LogP contribution is 2.32. The summed E-state index contributed by atoms with van der Waals surface area (Å²) in [6, 6.07) is 16.4. The quantitative estimate of drug-likeness (QED) is 0.578. The number of amides is 1. The molecule has 27 heavy (non-hydrogen) atoms. The topological polar surface area (TPSA) is 38.7 Å². The van der Waals surface area contributed by atoms with E-state index < -0.39 is 0 Å². The van der Waals surface area contributed by atoms with E-state index in [1.807, 2.05) is 36.6 Å². The zero-order chi connectivity index (χ0) is 19.2. The molecule has 5 heteroatoms. The van der Waals surface area contributed by atoms with E-state index in [2.05, 4.69) is 43.1 Å². The summed E-state index contributed by atoms with van der Waals surface area (Å²) in [5, 5.41) is 0. The van der Waals surface area contributed by atoms with Gasteiger partial charge in [0.05, 0.1) is 4.91 Å². The molecule has 140 valence electrons. The number of rotatable bonds is 6. The highest BCUT2D eigenvalue weighted by Gasteiger charge is 2.20. The van der Waals surface area contributed by atoms with E-state index in [1.165, 1.54) is 29.1 Å². The zero-order valence-electron chi connectivity index (χ0n) is 15.8. The van der Waals surface area contributed by atoms with Gasteiger partial charge in [-0.15, -0.1) is 11.8 Å². The van der Waals surface area contributed by atoms with Gasteiger partial charge in [-0.25, -0.2) is 0 Å². The van der Waals surface area contributed by atoms with Crippen LogP contribution < -0.4 is 4.74 Å². The number of ether oxygens (including phenoxy) is 1. The summed E-state index contributed by atoms with van der Waals surface area (Å²) < 4.78 is 6.67. The maximum atomic E-state index is 11.8. The van der Waals surface area contributed by atoms with Crippen LogP contribution in [0.3, 0.4) is 0 Å². The van der Waals surface area contributed by atoms with Gasteiger partial charge >= 0.3 is 0 Å². The molecule has 0 fully saturated rings. The molecule has 1 amide bonds. The van der Waals surface area contributed by atoms with Gasteiger partial charge in [-0.3, -0.25) is 4.79 Å². The third kappa shape index (κ3) is 5.75. The minimum Gasteiger partial charge on any atom is -0.489 e. The normalized spacial score (nSPS) is 15.5. The van der Waals surface area contributed by atoms with Gasteiger partial charge in [0.2, 0.25) is 0 Å². The van der Waals surface area contributed by atoms with Gasteiger partial charge in [-0.2, -0.15) is 4.99 Å². The minimum absolute atomic E-state index is 0.161. The van der Waals surface area contributed by atoms with Crippen LogP contribution in [0.25, 0.3) is 6.08 Å². The van der Waals surface area contributed by atoms with E-state index in [1.54, 1.807) is 0 Å². The van der Waals surface area contributed by atoms with Crippen molar-refractivity contribution in [2.75, 3.05) is 6.26 Å². The summed E-state index contributed by atoms with van der Waals surface area (Å²) >= 11 is 2.92. The lowest BCUT2D eigenvalue weighted by Gasteiger charge is -2.09. The Morgan fingerprint density at radius 3 is 2.33 bits per heavy atom. The van der Waals surface area contributed by atoms with Crippen molar-refractivity contribution in [2.24, 2.45) is 10.9 Å². The molecule has 0 atom stereocenters. The van der Waals surface area contributed by atoms with Crippen molar-refractivity contribution in [2.45, 2.75) is 26.9 Å². The number of hydrogen-bond donors (Lipinski definition) is 0. The summed E-state index contributed by atoms with van der Waals surface area (Å²) in [6.07, 6.45) is 4.89. The first-order chi connectivity index (χ1) is 13.0. The van der Waals surface area contributed by atoms with E-state index >= 15 is 0 Å². The lowest BCUT2D eigenvalue weighted by Crippen LogP contribution is -1.97. The molecule has 2 aromatic rings. The van der Waals surface area contributed by atoms with Crippen LogP contribution in [0.5, 0.6) is 5.75 Å². The summed E-state index contributed by atoms with van der Waals surface area (Å²) in [5.41, 5.74) is 3.48. The first kappa shape index (κ1) is 19.8. The molecular formula is C22H23NO2S2. The second-order valence-corrected chi connectivity index (χ2v) is 8.85. The molecular weight excluding hydrogens is 374 g/mol. The summed E-state index contributed by atoms with van der Waals surface area (Å²) in [7, 11) is 0. The Hall–Kier alpha value is -1.98. The molecule has 0 saturated carbocycles. The van der Waals surface area contributed by atoms with Crippen molar-refractivity contribution < 1.29 is 9.53 Å². The highest BCUT2D eigenvalue weighted by molar-refractivity contribution is 8.40. The van der Waals surface area contributed by atoms with Gasteiger partial charge in [0.25, 0.3) is 5.91 Å². The first-order valence-corrected chi connectivity index (χ1v) is 10.9. The Morgan fingerprint density at radius 1 is 1.07 bits per heavy atom. The van der Waals surface area contributed by atoms with Gasteiger partial charge < -0.3 is 4.74 Å². The molecule has 0 aromatic heterocycles. The van der Waals surface area contributed by atoms with Gasteiger partial charge in [-0.05, 0) is 53.5 Å². The predicted octanol–water partition coefficient (Wildman–Crippen LogP) is 5.80. The van der Waals surface area contributed by atoms with Crippen LogP contribution in [-0.4, -0.2) is 16.5 Å². The van der Waals surface area contributed by atoms with E-state index in [0.717, 1.165) is 27.7 Å². The molecule has 2 aromatic carbocycles. The number of carbonyl (C=O) groups is 1. The zero-order valence-corrected chi connectivity index (χ0v) is 17.4. The molecule has 0 radical (unpaired) electrons. The lowest BCUT2D eigenvalue weighted by atomic mass is 10.0. The number of benzene rings is 2. The van der Waals surface area contributed by atoms with E-state index in [9.17, 15) is 4.79 Å². The fraction of sp³-hybridized carbons (Fsp3) is 0.273. The third-order valence-corrected chi connectivity index (χ3v) is 5.99. The molecule has 1 aliphatic heterocycles. The summed E-state index contributed by atoms with van der Waals surface area (Å²) in [4.78, 5) is 16.5. The van der Waals surface area contributed by atoms with Gasteiger partial charge in [0, 0.05) is 0 Å². The highest BCUT2D eigenvalue weighted by atomic mass is 32.2. The Balaban J connectivity index is 1.56. The van der Waals surface area contributed by atoms with Crippen LogP contribution in [-0.2, 0) is 17.8 Å². The maximum absolute atomic E-state index is 11.8. The van der Waals surface area contributed by atoms with Crippen molar-refractivity contribution in [1.29, 1.82) is 0 Å². The van der Waals surface area contributed by atoms with Crippen LogP contribution in [0.1, 0.15) is 30.5 Å². The predicted molar refractivity (Wildman–Crippen MR) is 117 cm³/mol. The van der Waals surface area contributed by atoms with Crippen molar-refractivity contribution in [1.82, 2.24) is 0 Å². The first-order valence-electron chi connectivity index (χ1n) is 8.90. The number of carbonyl (C=O) groups excluding carboxylic acids is 1. The van der Waals surface area contributed by atoms with Crippen LogP contribution in [0.15, 0.2) is 58.4 Å². The lowest BCUT2D eigenvalue weighted by molar-refractivity contribution is -0.113. The average Bonchev–Trinajstić information content (AvgIpc) is 3.01. The van der Waals surface area contributed by atoms with E-state index in [-0.39, 0.29) is 5.91 Å². The van der Waals surface area contributed by atoms with Crippen LogP contribution >= 0.6 is 23.5 Å². The average molecular weight is 398 g/mol. The molecule has 0 bridgehead atoms. The van der Waals surface area contributed by atoms with E-state index in [4.69, 9.17) is 4.74 Å². The van der Waals surface area contributed by atoms with Crippen molar-refractivity contribution in [3.63, 3.8) is 0 Å². The van der Waals surface area contributed by atoms with Crippen LogP contribution in [0.2, 0.25) is 0 Å². The second-order valence-electron chi connectivity index (χ2n) is 6.77. The molecule has 0 saturated heterocycles. The standard InChI is InChI=1S/C22H23NO2S2/c1-15(2)12-16-4-6-18(7-5-16)14-25-19-10-8-17(9-11-19)13-20-21(24)23-22(26-3)27-20/h4-11,13,15H,12,14H2,1-3H3/b20-13-. The monoisotopic (exact) mass is 397 g/mol. The number of thioether (sulfide) groups is 2. The Bertz CT molecular complexity index is 853. The minimum atomic E-state index is -0.161. The van der Waals surface area contributed by atoms with Gasteiger partial charge in [-0.1, -0.05) is 62.0 Å². The van der Waals surface area contributed by atoms with E-state index in [0.29, 0.717) is 17.4 Å². The van der Waals surface area contributed by atoms with Crippen molar-refractivity contribution >= 4 is 39.9 Å². The number of hydrogen-bond acceptors (Lipinski definition) is 4. The third-order valence-electron chi connectivity index (χ3n) is 4.03. The molecule has 0 spiro atoms. The number of nitrogens with zero attached hydrogens (tertiary/aromatic N) is 1. The number of aliphatic imine (C=N–C) groups is 1. The molecule has 0 unspecified atom stereocenters. The summed E-state index contributed by atoms with van der Waals surface area (Å²) in [6.45, 7) is 5.00. The molecule has 3 rings (SSSR count). The Labute approximate surface area is 169 Å². The summed E-state index contributed by atoms with van der Waals surface area (Å²) in [5.74, 6) is 1.32. The van der Waals surface area contributed by atoms with Crippen molar-refractivity contribution in [3.05, 3.63) is 70.1 Å². The molecule has 0 N–H and O–H groups in total. The Morgan fingerprint density at radius 2 is 1.74 bits per heavy atom. The smallest absolute Gasteiger partial charge is 0.285 e. The van der Waals surface area contributed by atoms with Gasteiger partial charge in [0.15, 0.2) is 0 Å². The van der Waals surface area contributed by atoms with Crippen molar-refractivity contribution in [3.8, 4) is 5.75 Å².